The number of aryl methyl sites for hydroxylation is 1. The van der Waals surface area contributed by atoms with Gasteiger partial charge in [-0.1, -0.05) is 31.2 Å². The molecule has 2 aromatic rings. The summed E-state index contributed by atoms with van der Waals surface area (Å²) in [5, 5.41) is 9.40. The van der Waals surface area contributed by atoms with Crippen LogP contribution >= 0.6 is 0 Å². The van der Waals surface area contributed by atoms with E-state index in [-0.39, 0.29) is 11.7 Å². The lowest BCUT2D eigenvalue weighted by Crippen LogP contribution is -2.24. The van der Waals surface area contributed by atoms with Crippen LogP contribution in [0.1, 0.15) is 34.5 Å². The molecule has 1 heterocycles. The summed E-state index contributed by atoms with van der Waals surface area (Å²) >= 11 is 0. The summed E-state index contributed by atoms with van der Waals surface area (Å²) in [7, 11) is 1.66. The summed E-state index contributed by atoms with van der Waals surface area (Å²) in [6.45, 7) is 2.94. The minimum Gasteiger partial charge on any atom is -0.380 e. The van der Waals surface area contributed by atoms with Crippen LogP contribution in [-0.2, 0) is 24.3 Å². The number of nitrogens with zero attached hydrogens (tertiary/aromatic N) is 2. The molecule has 1 aromatic carbocycles. The molecule has 0 spiro atoms. The van der Waals surface area contributed by atoms with E-state index in [4.69, 9.17) is 4.74 Å². The number of aromatic amines is 1. The van der Waals surface area contributed by atoms with Crippen molar-refractivity contribution in [3.05, 3.63) is 47.0 Å². The fraction of sp³-hybridized carbons (Fsp3) is 0.357. The van der Waals surface area contributed by atoms with Gasteiger partial charge >= 0.3 is 0 Å². The molecule has 2 rings (SSSR count). The molecule has 0 bridgehead atoms. The number of hydrogen-bond donors (Lipinski definition) is 2. The Kier molecular flexibility index (Phi) is 4.84. The molecule has 2 N–H and O–H groups in total. The van der Waals surface area contributed by atoms with Crippen molar-refractivity contribution in [1.29, 1.82) is 0 Å². The van der Waals surface area contributed by atoms with Crippen molar-refractivity contribution in [3.63, 3.8) is 0 Å². The molecule has 20 heavy (non-hydrogen) atoms. The van der Waals surface area contributed by atoms with Crippen LogP contribution in [-0.4, -0.2) is 28.2 Å². The van der Waals surface area contributed by atoms with Gasteiger partial charge in [0, 0.05) is 20.1 Å². The smallest absolute Gasteiger partial charge is 0.291 e. The molecule has 1 amide bonds. The van der Waals surface area contributed by atoms with Crippen molar-refractivity contribution in [2.45, 2.75) is 26.5 Å². The summed E-state index contributed by atoms with van der Waals surface area (Å²) in [4.78, 5) is 16.0. The summed E-state index contributed by atoms with van der Waals surface area (Å²) in [6, 6.07) is 7.88. The van der Waals surface area contributed by atoms with E-state index in [1.165, 1.54) is 0 Å². The maximum absolute atomic E-state index is 11.9. The number of H-pyrrole nitrogens is 1. The van der Waals surface area contributed by atoms with E-state index in [0.29, 0.717) is 19.0 Å². The van der Waals surface area contributed by atoms with E-state index < -0.39 is 0 Å². The first-order valence-corrected chi connectivity index (χ1v) is 6.49. The van der Waals surface area contributed by atoms with Gasteiger partial charge in [-0.25, -0.2) is 4.98 Å². The summed E-state index contributed by atoms with van der Waals surface area (Å²) < 4.78 is 5.08. The number of hydrogen-bond acceptors (Lipinski definition) is 4. The van der Waals surface area contributed by atoms with E-state index in [2.05, 4.69) is 20.5 Å². The standard InChI is InChI=1S/C14H18N4O2/c1-3-12-16-13(18-17-12)14(19)15-8-10-5-4-6-11(7-10)9-20-2/h4-7H,3,8-9H2,1-2H3,(H,15,19)(H,16,17,18). The Hall–Kier alpha value is -2.21. The molecule has 0 atom stereocenters. The van der Waals surface area contributed by atoms with Crippen molar-refractivity contribution in [2.75, 3.05) is 7.11 Å². The van der Waals surface area contributed by atoms with Crippen LogP contribution in [0.5, 0.6) is 0 Å². The Bertz CT molecular complexity index is 580. The van der Waals surface area contributed by atoms with Crippen LogP contribution in [0.15, 0.2) is 24.3 Å². The van der Waals surface area contributed by atoms with Crippen LogP contribution in [0.3, 0.4) is 0 Å². The molecule has 6 heteroatoms. The lowest BCUT2D eigenvalue weighted by molar-refractivity contribution is 0.0941. The predicted molar refractivity (Wildman–Crippen MR) is 74.1 cm³/mol. The van der Waals surface area contributed by atoms with Crippen LogP contribution in [0, 0.1) is 0 Å². The normalized spacial score (nSPS) is 10.5. The minimum atomic E-state index is -0.280. The van der Waals surface area contributed by atoms with Gasteiger partial charge in [0.1, 0.15) is 5.82 Å². The molecule has 0 radical (unpaired) electrons. The molecular weight excluding hydrogens is 256 g/mol. The largest absolute Gasteiger partial charge is 0.380 e. The maximum atomic E-state index is 11.9. The zero-order valence-electron chi connectivity index (χ0n) is 11.6. The number of rotatable bonds is 6. The van der Waals surface area contributed by atoms with Crippen molar-refractivity contribution < 1.29 is 9.53 Å². The molecular formula is C14H18N4O2. The first-order valence-electron chi connectivity index (χ1n) is 6.49. The second-order valence-electron chi connectivity index (χ2n) is 4.39. The number of methoxy groups -OCH3 is 1. The average Bonchev–Trinajstić information content (AvgIpc) is 2.94. The zero-order chi connectivity index (χ0) is 14.4. The first-order chi connectivity index (χ1) is 9.72. The SMILES string of the molecule is CCc1nc(C(=O)NCc2cccc(COC)c2)n[nH]1. The van der Waals surface area contributed by atoms with Gasteiger partial charge < -0.3 is 10.1 Å². The predicted octanol–water partition coefficient (Wildman–Crippen LogP) is 1.44. The van der Waals surface area contributed by atoms with Crippen LogP contribution in [0.4, 0.5) is 0 Å². The number of benzene rings is 1. The highest BCUT2D eigenvalue weighted by molar-refractivity contribution is 5.90. The van der Waals surface area contributed by atoms with Gasteiger partial charge in [0.05, 0.1) is 6.61 Å². The molecule has 0 saturated carbocycles. The van der Waals surface area contributed by atoms with Gasteiger partial charge in [0.2, 0.25) is 5.82 Å². The number of nitrogens with one attached hydrogen (secondary N) is 2. The molecule has 0 aliphatic heterocycles. The van der Waals surface area contributed by atoms with Gasteiger partial charge in [-0.15, -0.1) is 5.10 Å². The Labute approximate surface area is 117 Å². The van der Waals surface area contributed by atoms with Crippen LogP contribution in [0.25, 0.3) is 0 Å². The van der Waals surface area contributed by atoms with Crippen molar-refractivity contribution >= 4 is 5.91 Å². The number of carbonyl (C=O) groups is 1. The van der Waals surface area contributed by atoms with E-state index in [1.807, 2.05) is 31.2 Å². The van der Waals surface area contributed by atoms with Crippen molar-refractivity contribution in [3.8, 4) is 0 Å². The molecule has 0 aliphatic carbocycles. The number of amides is 1. The fourth-order valence-corrected chi connectivity index (χ4v) is 1.81. The van der Waals surface area contributed by atoms with Gasteiger partial charge in [-0.2, -0.15) is 0 Å². The van der Waals surface area contributed by atoms with Crippen molar-refractivity contribution in [1.82, 2.24) is 20.5 Å². The summed E-state index contributed by atoms with van der Waals surface area (Å²) in [5.74, 6) is 0.602. The first kappa shape index (κ1) is 14.2. The third kappa shape index (κ3) is 3.64. The molecule has 0 aliphatic rings. The third-order valence-electron chi connectivity index (χ3n) is 2.83. The Morgan fingerprint density at radius 3 is 2.90 bits per heavy atom. The van der Waals surface area contributed by atoms with E-state index >= 15 is 0 Å². The van der Waals surface area contributed by atoms with Crippen molar-refractivity contribution in [2.24, 2.45) is 0 Å². The van der Waals surface area contributed by atoms with E-state index in [9.17, 15) is 4.79 Å². The highest BCUT2D eigenvalue weighted by Gasteiger charge is 2.11. The number of ether oxygens (including phenoxy) is 1. The Balaban J connectivity index is 1.94. The minimum absolute atomic E-state index is 0.176. The van der Waals surface area contributed by atoms with Gasteiger partial charge in [-0.05, 0) is 11.1 Å². The maximum Gasteiger partial charge on any atom is 0.291 e. The second-order valence-corrected chi connectivity index (χ2v) is 4.39. The Morgan fingerprint density at radius 2 is 2.20 bits per heavy atom. The molecule has 106 valence electrons. The average molecular weight is 274 g/mol. The van der Waals surface area contributed by atoms with E-state index in [0.717, 1.165) is 17.5 Å². The second kappa shape index (κ2) is 6.81. The van der Waals surface area contributed by atoms with Gasteiger partial charge in [0.15, 0.2) is 0 Å². The fourth-order valence-electron chi connectivity index (χ4n) is 1.81. The zero-order valence-corrected chi connectivity index (χ0v) is 11.6. The van der Waals surface area contributed by atoms with Crippen LogP contribution in [0.2, 0.25) is 0 Å². The van der Waals surface area contributed by atoms with Gasteiger partial charge in [-0.3, -0.25) is 9.89 Å². The molecule has 0 fully saturated rings. The monoisotopic (exact) mass is 274 g/mol. The van der Waals surface area contributed by atoms with E-state index in [1.54, 1.807) is 7.11 Å². The lowest BCUT2D eigenvalue weighted by atomic mass is 10.1. The highest BCUT2D eigenvalue weighted by Crippen LogP contribution is 2.06. The highest BCUT2D eigenvalue weighted by atomic mass is 16.5. The summed E-state index contributed by atoms with van der Waals surface area (Å²) in [6.07, 6.45) is 0.722. The molecule has 6 nitrogen and oxygen atoms in total. The number of aromatic nitrogens is 3. The number of carbonyl (C=O) groups excluding carboxylic acids is 1. The molecule has 0 unspecified atom stereocenters. The van der Waals surface area contributed by atoms with Crippen LogP contribution < -0.4 is 5.32 Å². The molecule has 0 saturated heterocycles. The quantitative estimate of drug-likeness (QED) is 0.835. The summed E-state index contributed by atoms with van der Waals surface area (Å²) in [5.41, 5.74) is 2.09. The Morgan fingerprint density at radius 1 is 1.40 bits per heavy atom. The van der Waals surface area contributed by atoms with Gasteiger partial charge in [0.25, 0.3) is 5.91 Å². The molecule has 1 aromatic heterocycles. The topological polar surface area (TPSA) is 79.9 Å². The lowest BCUT2D eigenvalue weighted by Gasteiger charge is -2.05. The third-order valence-corrected chi connectivity index (χ3v) is 2.83.